The standard InChI is InChI=1S/C11H12N2O5S/c1-7(14)12-13-10(15)9(11(13)19(16,17)18)8-5-3-2-4-6-8/h2-6,9,11H,1H3,(H,12,14)(H,16,17,18). The molecule has 1 heterocycles. The van der Waals surface area contributed by atoms with E-state index in [0.29, 0.717) is 10.6 Å². The SMILES string of the molecule is CC(=O)NN1C(=O)C(c2ccccc2)C1S(=O)(=O)O. The second-order valence-corrected chi connectivity index (χ2v) is 5.68. The molecule has 8 heteroatoms. The highest BCUT2D eigenvalue weighted by Crippen LogP contribution is 2.36. The summed E-state index contributed by atoms with van der Waals surface area (Å²) in [6.45, 7) is 1.14. The first-order chi connectivity index (χ1) is 8.82. The van der Waals surface area contributed by atoms with Crippen molar-refractivity contribution in [1.29, 1.82) is 0 Å². The van der Waals surface area contributed by atoms with Gasteiger partial charge >= 0.3 is 0 Å². The first-order valence-electron chi connectivity index (χ1n) is 5.44. The number of hydrogen-bond acceptors (Lipinski definition) is 4. The van der Waals surface area contributed by atoms with Gasteiger partial charge in [0.15, 0.2) is 5.37 Å². The van der Waals surface area contributed by atoms with Crippen LogP contribution >= 0.6 is 0 Å². The molecule has 1 aromatic carbocycles. The summed E-state index contributed by atoms with van der Waals surface area (Å²) in [7, 11) is -4.50. The molecule has 0 saturated carbocycles. The second-order valence-electron chi connectivity index (χ2n) is 4.17. The van der Waals surface area contributed by atoms with E-state index in [-0.39, 0.29) is 0 Å². The molecule has 0 aliphatic carbocycles. The van der Waals surface area contributed by atoms with E-state index in [4.69, 9.17) is 0 Å². The Balaban J connectivity index is 2.36. The molecule has 1 aliphatic heterocycles. The van der Waals surface area contributed by atoms with Crippen molar-refractivity contribution < 1.29 is 22.6 Å². The molecular formula is C11H12N2O5S. The summed E-state index contributed by atoms with van der Waals surface area (Å²) < 4.78 is 31.9. The van der Waals surface area contributed by atoms with Crippen molar-refractivity contribution in [1.82, 2.24) is 10.4 Å². The smallest absolute Gasteiger partial charge is 0.284 e. The number of hydrazine groups is 1. The van der Waals surface area contributed by atoms with E-state index in [9.17, 15) is 22.6 Å². The molecule has 2 N–H and O–H groups in total. The number of carbonyl (C=O) groups is 2. The van der Waals surface area contributed by atoms with Crippen molar-refractivity contribution in [2.75, 3.05) is 0 Å². The van der Waals surface area contributed by atoms with Crippen LogP contribution in [0.15, 0.2) is 30.3 Å². The third-order valence-corrected chi connectivity index (χ3v) is 3.88. The Morgan fingerprint density at radius 2 is 1.89 bits per heavy atom. The van der Waals surface area contributed by atoms with Gasteiger partial charge in [-0.05, 0) is 5.56 Å². The number of carbonyl (C=O) groups excluding carboxylic acids is 2. The average molecular weight is 284 g/mol. The maximum Gasteiger partial charge on any atom is 0.289 e. The molecule has 2 rings (SSSR count). The highest BCUT2D eigenvalue weighted by Gasteiger charge is 2.55. The number of nitrogens with one attached hydrogen (secondary N) is 1. The number of benzene rings is 1. The molecule has 0 spiro atoms. The van der Waals surface area contributed by atoms with Gasteiger partial charge in [-0.1, -0.05) is 30.3 Å². The van der Waals surface area contributed by atoms with Crippen LogP contribution in [0, 0.1) is 0 Å². The van der Waals surface area contributed by atoms with Crippen LogP contribution < -0.4 is 5.43 Å². The highest BCUT2D eigenvalue weighted by atomic mass is 32.2. The molecule has 102 valence electrons. The van der Waals surface area contributed by atoms with Crippen molar-refractivity contribution in [3.05, 3.63) is 35.9 Å². The maximum atomic E-state index is 11.9. The predicted octanol–water partition coefficient (Wildman–Crippen LogP) is -0.123. The van der Waals surface area contributed by atoms with E-state index >= 15 is 0 Å². The van der Waals surface area contributed by atoms with Crippen LogP contribution in [-0.2, 0) is 19.7 Å². The van der Waals surface area contributed by atoms with Crippen molar-refractivity contribution in [3.8, 4) is 0 Å². The third-order valence-electron chi connectivity index (χ3n) is 2.78. The Hall–Kier alpha value is -1.93. The van der Waals surface area contributed by atoms with Gasteiger partial charge in [0.05, 0.1) is 0 Å². The Kier molecular flexibility index (Phi) is 3.29. The summed E-state index contributed by atoms with van der Waals surface area (Å²) in [4.78, 5) is 22.8. The fourth-order valence-electron chi connectivity index (χ4n) is 2.03. The zero-order valence-corrected chi connectivity index (χ0v) is 10.8. The number of rotatable bonds is 3. The van der Waals surface area contributed by atoms with Crippen LogP contribution in [0.1, 0.15) is 18.4 Å². The van der Waals surface area contributed by atoms with Crippen molar-refractivity contribution in [2.45, 2.75) is 18.2 Å². The van der Waals surface area contributed by atoms with Crippen LogP contribution in [0.5, 0.6) is 0 Å². The fraction of sp³-hybridized carbons (Fsp3) is 0.273. The highest BCUT2D eigenvalue weighted by molar-refractivity contribution is 7.86. The minimum atomic E-state index is -4.50. The molecule has 1 aromatic rings. The summed E-state index contributed by atoms with van der Waals surface area (Å²) in [5.41, 5.74) is 2.56. The lowest BCUT2D eigenvalue weighted by atomic mass is 9.91. The van der Waals surface area contributed by atoms with E-state index in [1.165, 1.54) is 0 Å². The molecule has 2 atom stereocenters. The van der Waals surface area contributed by atoms with Gasteiger partial charge in [0.2, 0.25) is 5.91 Å². The van der Waals surface area contributed by atoms with E-state index in [1.54, 1.807) is 30.3 Å². The molecule has 19 heavy (non-hydrogen) atoms. The van der Waals surface area contributed by atoms with Crippen LogP contribution in [-0.4, -0.2) is 35.2 Å². The lowest BCUT2D eigenvalue weighted by Crippen LogP contribution is -2.68. The van der Waals surface area contributed by atoms with E-state index in [2.05, 4.69) is 5.43 Å². The molecule has 0 aromatic heterocycles. The van der Waals surface area contributed by atoms with Crippen LogP contribution in [0.25, 0.3) is 0 Å². The van der Waals surface area contributed by atoms with E-state index in [0.717, 1.165) is 6.92 Å². The minimum absolute atomic E-state index is 0.469. The van der Waals surface area contributed by atoms with Gasteiger partial charge < -0.3 is 0 Å². The third kappa shape index (κ3) is 2.45. The quantitative estimate of drug-likeness (QED) is 0.594. The minimum Gasteiger partial charge on any atom is -0.284 e. The summed E-state index contributed by atoms with van der Waals surface area (Å²) in [5, 5.41) is -0.860. The second kappa shape index (κ2) is 4.63. The first kappa shape index (κ1) is 13.5. The first-order valence-corrected chi connectivity index (χ1v) is 6.94. The predicted molar refractivity (Wildman–Crippen MR) is 65.2 cm³/mol. The monoisotopic (exact) mass is 284 g/mol. The van der Waals surface area contributed by atoms with Gasteiger partial charge in [-0.25, -0.2) is 5.01 Å². The van der Waals surface area contributed by atoms with Crippen LogP contribution in [0.3, 0.4) is 0 Å². The largest absolute Gasteiger partial charge is 0.289 e. The van der Waals surface area contributed by atoms with E-state index in [1.807, 2.05) is 0 Å². The Bertz CT molecular complexity index is 613. The van der Waals surface area contributed by atoms with E-state index < -0.39 is 33.2 Å². The molecule has 1 saturated heterocycles. The van der Waals surface area contributed by atoms with Gasteiger partial charge in [0.1, 0.15) is 5.92 Å². The normalized spacial score (nSPS) is 22.8. The Morgan fingerprint density at radius 3 is 2.37 bits per heavy atom. The molecule has 2 unspecified atom stereocenters. The lowest BCUT2D eigenvalue weighted by Gasteiger charge is -2.44. The molecular weight excluding hydrogens is 272 g/mol. The van der Waals surface area contributed by atoms with Gasteiger partial charge in [-0.15, -0.1) is 0 Å². The average Bonchev–Trinajstić information content (AvgIpc) is 2.32. The maximum absolute atomic E-state index is 11.9. The van der Waals surface area contributed by atoms with Gasteiger partial charge in [0, 0.05) is 6.92 Å². The summed E-state index contributed by atoms with van der Waals surface area (Å²) in [6.07, 6.45) is 0. The molecule has 0 bridgehead atoms. The Morgan fingerprint density at radius 1 is 1.32 bits per heavy atom. The molecule has 1 fully saturated rings. The van der Waals surface area contributed by atoms with Crippen molar-refractivity contribution in [3.63, 3.8) is 0 Å². The van der Waals surface area contributed by atoms with Crippen LogP contribution in [0.4, 0.5) is 0 Å². The molecule has 0 radical (unpaired) electrons. The number of nitrogens with zero attached hydrogens (tertiary/aromatic N) is 1. The molecule has 2 amide bonds. The molecule has 1 aliphatic rings. The molecule has 7 nitrogen and oxygen atoms in total. The van der Waals surface area contributed by atoms with Crippen molar-refractivity contribution >= 4 is 21.9 Å². The number of amides is 2. The van der Waals surface area contributed by atoms with Crippen LogP contribution in [0.2, 0.25) is 0 Å². The van der Waals surface area contributed by atoms with Gasteiger partial charge in [0.25, 0.3) is 16.0 Å². The van der Waals surface area contributed by atoms with Gasteiger partial charge in [-0.3, -0.25) is 19.6 Å². The zero-order chi connectivity index (χ0) is 14.2. The number of hydrogen-bond donors (Lipinski definition) is 2. The van der Waals surface area contributed by atoms with Crippen molar-refractivity contribution in [2.24, 2.45) is 0 Å². The summed E-state index contributed by atoms with van der Waals surface area (Å²) in [6, 6.07) is 8.22. The summed E-state index contributed by atoms with van der Waals surface area (Å²) >= 11 is 0. The summed E-state index contributed by atoms with van der Waals surface area (Å²) in [5.74, 6) is -2.18. The zero-order valence-electron chi connectivity index (χ0n) is 9.98. The topological polar surface area (TPSA) is 104 Å². The Labute approximate surface area is 109 Å². The fourth-order valence-corrected chi connectivity index (χ4v) is 3.07. The lowest BCUT2D eigenvalue weighted by molar-refractivity contribution is -0.155. The van der Waals surface area contributed by atoms with Gasteiger partial charge in [-0.2, -0.15) is 8.42 Å². The number of β-lactam (4-membered cyclic amide) rings is 1.